The monoisotopic (exact) mass is 201 g/mol. The fraction of sp³-hybridized carbons (Fsp3) is 0.444. The van der Waals surface area contributed by atoms with Crippen LogP contribution in [0.1, 0.15) is 13.8 Å². The maximum absolute atomic E-state index is 12.2. The quantitative estimate of drug-likeness (QED) is 0.251. The van der Waals surface area contributed by atoms with Crippen molar-refractivity contribution in [1.29, 1.82) is 0 Å². The molecule has 0 spiro atoms. The van der Waals surface area contributed by atoms with E-state index in [4.69, 9.17) is 5.73 Å². The van der Waals surface area contributed by atoms with Crippen molar-refractivity contribution in [3.05, 3.63) is 23.9 Å². The van der Waals surface area contributed by atoms with Crippen LogP contribution in [-0.4, -0.2) is 18.6 Å². The van der Waals surface area contributed by atoms with Crippen molar-refractivity contribution in [2.24, 2.45) is 5.73 Å². The lowest BCUT2D eigenvalue weighted by atomic mass is 10.2. The van der Waals surface area contributed by atoms with Crippen molar-refractivity contribution in [3.63, 3.8) is 0 Å². The topological polar surface area (TPSA) is 67.1 Å². The predicted molar refractivity (Wildman–Crippen MR) is 53.8 cm³/mol. The van der Waals surface area contributed by atoms with Gasteiger partial charge in [0.2, 0.25) is 0 Å². The number of nitrogens with one attached hydrogen (secondary N) is 2. The van der Waals surface area contributed by atoms with E-state index in [1.807, 2.05) is 0 Å². The Bertz CT molecular complexity index is 236. The van der Waals surface area contributed by atoms with Gasteiger partial charge in [0, 0.05) is 6.20 Å². The van der Waals surface area contributed by atoms with E-state index >= 15 is 0 Å². The number of ketones is 1. The van der Waals surface area contributed by atoms with E-state index in [0.29, 0.717) is 5.57 Å². The highest BCUT2D eigenvalue weighted by molar-refractivity contribution is 5.96. The third kappa shape index (κ3) is 6.33. The lowest BCUT2D eigenvalue weighted by Gasteiger charge is -2.02. The van der Waals surface area contributed by atoms with Gasteiger partial charge in [-0.25, -0.2) is 9.82 Å². The van der Waals surface area contributed by atoms with Crippen LogP contribution in [-0.2, 0) is 4.79 Å². The van der Waals surface area contributed by atoms with Crippen LogP contribution in [0.25, 0.3) is 0 Å². The van der Waals surface area contributed by atoms with Gasteiger partial charge in [-0.05, 0) is 25.5 Å². The Balaban J connectivity index is 3.84. The number of halogens is 1. The van der Waals surface area contributed by atoms with Crippen LogP contribution >= 0.6 is 0 Å². The Hall–Kier alpha value is -1.20. The van der Waals surface area contributed by atoms with Gasteiger partial charge in [0.15, 0.2) is 12.1 Å². The van der Waals surface area contributed by atoms with Crippen molar-refractivity contribution >= 4 is 5.78 Å². The molecule has 4 nitrogen and oxygen atoms in total. The molecule has 0 saturated carbocycles. The second-order valence-electron chi connectivity index (χ2n) is 2.74. The Morgan fingerprint density at radius 2 is 2.29 bits per heavy atom. The van der Waals surface area contributed by atoms with E-state index in [1.165, 1.54) is 13.1 Å². The van der Waals surface area contributed by atoms with Crippen molar-refractivity contribution in [1.82, 2.24) is 10.9 Å². The van der Waals surface area contributed by atoms with Crippen LogP contribution in [0, 0.1) is 0 Å². The number of hydrogen-bond acceptors (Lipinski definition) is 4. The summed E-state index contributed by atoms with van der Waals surface area (Å²) in [4.78, 5) is 11.0. The normalized spacial score (nSPS) is 14.4. The fourth-order valence-electron chi connectivity index (χ4n) is 0.657. The molecular weight excluding hydrogens is 185 g/mol. The number of alkyl halides is 1. The molecule has 0 aromatic carbocycles. The summed E-state index contributed by atoms with van der Waals surface area (Å²) in [6, 6.07) is 0. The number of carbonyl (C=O) groups is 1. The number of hydrogen-bond donors (Lipinski definition) is 3. The molecule has 4 N–H and O–H groups in total. The molecule has 0 aliphatic heterocycles. The zero-order chi connectivity index (χ0) is 11.0. The number of Topliss-reactive ketones (excluding diaryl/α,β-unsaturated/α-hetero) is 1. The Kier molecular flexibility index (Phi) is 6.61. The standard InChI is InChI=1S/C9H16FN3O/c1-7(9(14)6-11)4-3-5-12-13-8(2)10/h3-5,8,12-13H,6,11H2,1-2H3/b5-3+,7-4+. The van der Waals surface area contributed by atoms with Gasteiger partial charge in [0.1, 0.15) is 0 Å². The minimum absolute atomic E-state index is 0.00334. The first-order valence-electron chi connectivity index (χ1n) is 4.29. The highest BCUT2D eigenvalue weighted by Gasteiger charge is 1.97. The second kappa shape index (κ2) is 7.23. The summed E-state index contributed by atoms with van der Waals surface area (Å²) in [5.74, 6) is -0.110. The molecule has 0 aliphatic carbocycles. The Morgan fingerprint density at radius 3 is 2.79 bits per heavy atom. The van der Waals surface area contributed by atoms with Crippen LogP contribution in [0.15, 0.2) is 23.9 Å². The molecule has 0 bridgehead atoms. The molecule has 0 fully saturated rings. The number of nitrogens with two attached hydrogens (primary N) is 1. The van der Waals surface area contributed by atoms with Gasteiger partial charge in [0.25, 0.3) is 0 Å². The summed E-state index contributed by atoms with van der Waals surface area (Å²) in [7, 11) is 0. The van der Waals surface area contributed by atoms with E-state index in [2.05, 4.69) is 10.9 Å². The third-order valence-electron chi connectivity index (χ3n) is 1.43. The van der Waals surface area contributed by atoms with E-state index in [1.54, 1.807) is 19.1 Å². The largest absolute Gasteiger partial charge is 0.326 e. The average molecular weight is 201 g/mol. The fourth-order valence-corrected chi connectivity index (χ4v) is 0.657. The molecule has 0 aromatic rings. The van der Waals surface area contributed by atoms with Gasteiger partial charge in [-0.2, -0.15) is 0 Å². The van der Waals surface area contributed by atoms with Gasteiger partial charge in [-0.1, -0.05) is 6.08 Å². The SMILES string of the molecule is C/C(=C\C=C\NNC(C)F)C(=O)CN. The minimum Gasteiger partial charge on any atom is -0.326 e. The highest BCUT2D eigenvalue weighted by atomic mass is 19.1. The molecule has 0 radical (unpaired) electrons. The summed E-state index contributed by atoms with van der Waals surface area (Å²) in [6.07, 6.45) is 3.56. The van der Waals surface area contributed by atoms with Crippen molar-refractivity contribution in [3.8, 4) is 0 Å². The molecular formula is C9H16FN3O. The van der Waals surface area contributed by atoms with Crippen molar-refractivity contribution in [2.75, 3.05) is 6.54 Å². The zero-order valence-corrected chi connectivity index (χ0v) is 8.38. The average Bonchev–Trinajstić information content (AvgIpc) is 2.15. The van der Waals surface area contributed by atoms with Crippen molar-refractivity contribution in [2.45, 2.75) is 20.1 Å². The third-order valence-corrected chi connectivity index (χ3v) is 1.43. The maximum Gasteiger partial charge on any atom is 0.172 e. The van der Waals surface area contributed by atoms with Gasteiger partial charge in [-0.3, -0.25) is 4.79 Å². The minimum atomic E-state index is -1.13. The lowest BCUT2D eigenvalue weighted by molar-refractivity contribution is -0.114. The molecule has 0 aliphatic rings. The first-order valence-corrected chi connectivity index (χ1v) is 4.29. The van der Waals surface area contributed by atoms with E-state index in [9.17, 15) is 9.18 Å². The Labute approximate surface area is 83.0 Å². The maximum atomic E-state index is 12.2. The van der Waals surface area contributed by atoms with Gasteiger partial charge >= 0.3 is 0 Å². The number of hydrazine groups is 1. The molecule has 0 amide bonds. The summed E-state index contributed by atoms with van der Waals surface area (Å²) >= 11 is 0. The molecule has 1 atom stereocenters. The lowest BCUT2D eigenvalue weighted by Crippen LogP contribution is -2.32. The van der Waals surface area contributed by atoms with Gasteiger partial charge in [0.05, 0.1) is 6.54 Å². The first kappa shape index (κ1) is 12.8. The first-order chi connectivity index (χ1) is 6.57. The smallest absolute Gasteiger partial charge is 0.172 e. The molecule has 1 unspecified atom stereocenters. The molecule has 14 heavy (non-hydrogen) atoms. The van der Waals surface area contributed by atoms with E-state index < -0.39 is 6.30 Å². The molecule has 5 heteroatoms. The van der Waals surface area contributed by atoms with Crippen LogP contribution in [0.3, 0.4) is 0 Å². The Morgan fingerprint density at radius 1 is 1.64 bits per heavy atom. The predicted octanol–water partition coefficient (Wildman–Crippen LogP) is 0.384. The number of rotatable bonds is 6. The van der Waals surface area contributed by atoms with Gasteiger partial charge in [-0.15, -0.1) is 0 Å². The van der Waals surface area contributed by atoms with Crippen LogP contribution in [0.4, 0.5) is 4.39 Å². The zero-order valence-electron chi connectivity index (χ0n) is 8.38. The molecule has 0 rings (SSSR count). The van der Waals surface area contributed by atoms with E-state index in [-0.39, 0.29) is 12.3 Å². The summed E-state index contributed by atoms with van der Waals surface area (Å²) < 4.78 is 12.2. The number of carbonyl (C=O) groups excluding carboxylic acids is 1. The van der Waals surface area contributed by atoms with Crippen molar-refractivity contribution < 1.29 is 9.18 Å². The summed E-state index contributed by atoms with van der Waals surface area (Å²) in [5, 5.41) is 0. The summed E-state index contributed by atoms with van der Waals surface area (Å²) in [6.45, 7) is 3.04. The van der Waals surface area contributed by atoms with E-state index in [0.717, 1.165) is 0 Å². The highest BCUT2D eigenvalue weighted by Crippen LogP contribution is 1.93. The van der Waals surface area contributed by atoms with Crippen LogP contribution < -0.4 is 16.6 Å². The van der Waals surface area contributed by atoms with Gasteiger partial charge < -0.3 is 11.2 Å². The molecule has 0 saturated heterocycles. The molecule has 80 valence electrons. The van der Waals surface area contributed by atoms with Crippen LogP contribution in [0.2, 0.25) is 0 Å². The molecule has 0 heterocycles. The second-order valence-corrected chi connectivity index (χ2v) is 2.74. The summed E-state index contributed by atoms with van der Waals surface area (Å²) in [5.41, 5.74) is 10.5. The number of allylic oxidation sites excluding steroid dienone is 2. The van der Waals surface area contributed by atoms with Crippen LogP contribution in [0.5, 0.6) is 0 Å². The molecule has 0 aromatic heterocycles.